The van der Waals surface area contributed by atoms with Gasteiger partial charge in [-0.15, -0.1) is 0 Å². The van der Waals surface area contributed by atoms with Crippen molar-refractivity contribution in [3.8, 4) is 29.0 Å². The average Bonchev–Trinajstić information content (AvgIpc) is 3.41. The normalized spacial score (nSPS) is 12.5. The highest BCUT2D eigenvalue weighted by Gasteiger charge is 2.42. The summed E-state index contributed by atoms with van der Waals surface area (Å²) in [5.74, 6) is 0. The van der Waals surface area contributed by atoms with Crippen LogP contribution in [0.5, 0.6) is 0 Å². The average molecular weight is 544 g/mol. The van der Waals surface area contributed by atoms with Crippen molar-refractivity contribution in [3.63, 3.8) is 0 Å². The first-order valence-corrected chi connectivity index (χ1v) is 14.4. The molecule has 4 nitrogen and oxygen atoms in total. The molecule has 0 saturated carbocycles. The first kappa shape index (κ1) is 23.6. The fraction of sp³-hybridized carbons (Fsp3) is 0. The van der Waals surface area contributed by atoms with E-state index in [2.05, 4.69) is 125 Å². The number of hydrogen-bond donors (Lipinski definition) is 0. The Morgan fingerprint density at radius 2 is 1.33 bits per heavy atom. The second-order valence-corrected chi connectivity index (χ2v) is 11.2. The number of nitrogens with zero attached hydrogens (tertiary/aromatic N) is 4. The third kappa shape index (κ3) is 3.14. The Balaban J connectivity index is 1.48. The Morgan fingerprint density at radius 3 is 2.19 bits per heavy atom. The molecule has 43 heavy (non-hydrogen) atoms. The van der Waals surface area contributed by atoms with Crippen LogP contribution < -0.4 is 21.3 Å². The van der Waals surface area contributed by atoms with Crippen LogP contribution in [0.2, 0.25) is 0 Å². The lowest BCUT2D eigenvalue weighted by Gasteiger charge is -2.40. The van der Waals surface area contributed by atoms with Gasteiger partial charge in [-0.3, -0.25) is 0 Å². The Kier molecular flexibility index (Phi) is 4.80. The maximum Gasteiger partial charge on any atom is 0.252 e. The number of rotatable bonds is 2. The van der Waals surface area contributed by atoms with Crippen molar-refractivity contribution in [2.45, 2.75) is 0 Å². The molecule has 9 rings (SSSR count). The van der Waals surface area contributed by atoms with Crippen molar-refractivity contribution < 1.29 is 0 Å². The Labute approximate surface area is 249 Å². The van der Waals surface area contributed by atoms with Crippen molar-refractivity contribution in [1.82, 2.24) is 4.57 Å². The molecule has 1 aromatic heterocycles. The number of para-hydroxylation sites is 4. The molecule has 3 heterocycles. The molecule has 7 aromatic rings. The van der Waals surface area contributed by atoms with Gasteiger partial charge in [0.25, 0.3) is 6.71 Å². The molecule has 0 atom stereocenters. The Hall–Kier alpha value is -6.04. The highest BCUT2D eigenvalue weighted by atomic mass is 15.2. The minimum absolute atomic E-state index is 0.0483. The van der Waals surface area contributed by atoms with Crippen molar-refractivity contribution in [2.24, 2.45) is 0 Å². The van der Waals surface area contributed by atoms with Gasteiger partial charge in [0.15, 0.2) is 0 Å². The molecule has 2 aliphatic heterocycles. The molecule has 196 valence electrons. The largest absolute Gasteiger partial charge is 0.311 e. The van der Waals surface area contributed by atoms with Gasteiger partial charge in [-0.25, -0.2) is 0 Å². The van der Waals surface area contributed by atoms with E-state index in [-0.39, 0.29) is 6.71 Å². The molecule has 6 aromatic carbocycles. The van der Waals surface area contributed by atoms with Gasteiger partial charge in [-0.1, -0.05) is 78.9 Å². The molecule has 0 N–H and O–H groups in total. The summed E-state index contributed by atoms with van der Waals surface area (Å²) in [6.07, 6.45) is 0. The minimum Gasteiger partial charge on any atom is -0.311 e. The smallest absolute Gasteiger partial charge is 0.252 e. The van der Waals surface area contributed by atoms with Gasteiger partial charge in [0, 0.05) is 39.0 Å². The van der Waals surface area contributed by atoms with Gasteiger partial charge in [0.05, 0.1) is 28.8 Å². The van der Waals surface area contributed by atoms with Crippen LogP contribution in [0.1, 0.15) is 11.1 Å². The quantitative estimate of drug-likeness (QED) is 0.225. The van der Waals surface area contributed by atoms with Crippen LogP contribution in [-0.2, 0) is 0 Å². The number of anilines is 3. The van der Waals surface area contributed by atoms with E-state index >= 15 is 0 Å². The number of aromatic nitrogens is 1. The Bertz CT molecular complexity index is 2390. The summed E-state index contributed by atoms with van der Waals surface area (Å²) < 4.78 is 2.42. The van der Waals surface area contributed by atoms with Crippen LogP contribution in [0.4, 0.5) is 17.1 Å². The van der Waals surface area contributed by atoms with Crippen LogP contribution >= 0.6 is 0 Å². The van der Waals surface area contributed by atoms with E-state index in [9.17, 15) is 10.5 Å². The van der Waals surface area contributed by atoms with E-state index < -0.39 is 0 Å². The molecular weight excluding hydrogens is 523 g/mol. The molecule has 0 bridgehead atoms. The Morgan fingerprint density at radius 1 is 0.581 bits per heavy atom. The lowest BCUT2D eigenvalue weighted by Crippen LogP contribution is -2.60. The summed E-state index contributed by atoms with van der Waals surface area (Å²) in [6, 6.07) is 49.0. The topological polar surface area (TPSA) is 55.8 Å². The molecule has 2 aliphatic rings. The van der Waals surface area contributed by atoms with Gasteiger partial charge in [-0.05, 0) is 76.0 Å². The lowest BCUT2D eigenvalue weighted by molar-refractivity contribution is 1.18. The second-order valence-electron chi connectivity index (χ2n) is 11.2. The summed E-state index contributed by atoms with van der Waals surface area (Å²) >= 11 is 0. The van der Waals surface area contributed by atoms with Crippen molar-refractivity contribution in [3.05, 3.63) is 139 Å². The number of hydrogen-bond acceptors (Lipinski definition) is 3. The third-order valence-electron chi connectivity index (χ3n) is 9.03. The maximum atomic E-state index is 10.2. The van der Waals surface area contributed by atoms with Crippen LogP contribution in [-0.4, -0.2) is 11.3 Å². The van der Waals surface area contributed by atoms with Crippen molar-refractivity contribution >= 4 is 62.0 Å². The predicted octanol–water partition coefficient (Wildman–Crippen LogP) is 6.81. The summed E-state index contributed by atoms with van der Waals surface area (Å²) in [5.41, 5.74) is 13.4. The van der Waals surface area contributed by atoms with Gasteiger partial charge >= 0.3 is 0 Å². The first-order valence-electron chi connectivity index (χ1n) is 14.4. The highest BCUT2D eigenvalue weighted by Crippen LogP contribution is 2.43. The first-order chi connectivity index (χ1) is 21.3. The summed E-state index contributed by atoms with van der Waals surface area (Å²) in [5, 5.41) is 22.2. The molecule has 5 heteroatoms. The number of fused-ring (bicyclic) bond motifs is 7. The minimum atomic E-state index is 0.0483. The standard InChI is InChI=1S/C38H21BN4/c40-22-24-17-18-28(26(19-24)23-41)25-20-35-37-36(21-25)43-33-15-6-4-11-29(33)30-12-8-14-32(38(30)43)39(37)31-13-5-7-16-34(31)42(35)27-9-2-1-3-10-27/h1-21H. The van der Waals surface area contributed by atoms with E-state index in [0.717, 1.165) is 39.4 Å². The lowest BCUT2D eigenvalue weighted by atomic mass is 9.33. The van der Waals surface area contributed by atoms with Crippen LogP contribution in [0.15, 0.2) is 127 Å². The highest BCUT2D eigenvalue weighted by molar-refractivity contribution is 7.00. The monoisotopic (exact) mass is 544 g/mol. The van der Waals surface area contributed by atoms with Crippen LogP contribution in [0.3, 0.4) is 0 Å². The van der Waals surface area contributed by atoms with Crippen molar-refractivity contribution in [2.75, 3.05) is 4.90 Å². The molecule has 0 fully saturated rings. The fourth-order valence-electron chi connectivity index (χ4n) is 7.33. The zero-order chi connectivity index (χ0) is 28.7. The fourth-order valence-corrected chi connectivity index (χ4v) is 7.33. The SMILES string of the molecule is N#Cc1ccc(-c2cc3c4c(c2)-n2c5ccccc5c5cccc(c52)B4c2ccccc2N3c2ccccc2)c(C#N)c1. The van der Waals surface area contributed by atoms with Crippen molar-refractivity contribution in [1.29, 1.82) is 10.5 Å². The summed E-state index contributed by atoms with van der Waals surface area (Å²) in [7, 11) is 0. The van der Waals surface area contributed by atoms with E-state index in [1.54, 1.807) is 12.1 Å². The molecule has 0 radical (unpaired) electrons. The van der Waals surface area contributed by atoms with Gasteiger partial charge in [0.1, 0.15) is 0 Å². The van der Waals surface area contributed by atoms with Gasteiger partial charge < -0.3 is 9.47 Å². The summed E-state index contributed by atoms with van der Waals surface area (Å²) in [6.45, 7) is 0.0483. The number of nitriles is 2. The molecule has 0 spiro atoms. The molecule has 0 aliphatic carbocycles. The van der Waals surface area contributed by atoms with E-state index in [1.807, 2.05) is 12.1 Å². The van der Waals surface area contributed by atoms with Gasteiger partial charge in [0.2, 0.25) is 0 Å². The predicted molar refractivity (Wildman–Crippen MR) is 175 cm³/mol. The van der Waals surface area contributed by atoms with Gasteiger partial charge in [-0.2, -0.15) is 10.5 Å². The summed E-state index contributed by atoms with van der Waals surface area (Å²) in [4.78, 5) is 2.36. The van der Waals surface area contributed by atoms with Crippen LogP contribution in [0.25, 0.3) is 38.6 Å². The zero-order valence-electron chi connectivity index (χ0n) is 23.0. The second kappa shape index (κ2) is 8.73. The number of benzene rings is 6. The van der Waals surface area contributed by atoms with E-state index in [0.29, 0.717) is 11.1 Å². The van der Waals surface area contributed by atoms with E-state index in [4.69, 9.17) is 0 Å². The zero-order valence-corrected chi connectivity index (χ0v) is 23.0. The van der Waals surface area contributed by atoms with E-state index in [1.165, 1.54) is 32.7 Å². The molecule has 0 unspecified atom stereocenters. The molecular formula is C38H21BN4. The maximum absolute atomic E-state index is 10.2. The third-order valence-corrected chi connectivity index (χ3v) is 9.03. The molecule has 0 saturated heterocycles. The van der Waals surface area contributed by atoms with Crippen LogP contribution in [0, 0.1) is 22.7 Å². The molecule has 0 amide bonds.